The maximum Gasteiger partial charge on any atom is 0.290 e. The van der Waals surface area contributed by atoms with Crippen molar-refractivity contribution in [3.63, 3.8) is 0 Å². The van der Waals surface area contributed by atoms with Crippen LogP contribution in [0, 0.1) is 6.92 Å². The molecule has 1 aliphatic heterocycles. The normalized spacial score (nSPS) is 17.7. The molecule has 3 N–H and O–H groups in total. The van der Waals surface area contributed by atoms with Gasteiger partial charge >= 0.3 is 0 Å². The number of likely N-dealkylation sites (tertiary alicyclic amines) is 1. The molecule has 6 nitrogen and oxygen atoms in total. The lowest BCUT2D eigenvalue weighted by atomic mass is 10.0. The molecule has 1 saturated heterocycles. The topological polar surface area (TPSA) is 88.6 Å². The minimum atomic E-state index is -0.0877. The summed E-state index contributed by atoms with van der Waals surface area (Å²) in [5, 5.41) is 2.85. The Hall–Kier alpha value is -1.53. The highest BCUT2D eigenvalue weighted by Gasteiger charge is 2.29. The van der Waals surface area contributed by atoms with Gasteiger partial charge in [0, 0.05) is 37.7 Å². The zero-order chi connectivity index (χ0) is 15.2. The molecule has 0 radical (unpaired) electrons. The van der Waals surface area contributed by atoms with E-state index in [4.69, 9.17) is 10.2 Å². The van der Waals surface area contributed by atoms with Gasteiger partial charge in [0.1, 0.15) is 0 Å². The Morgan fingerprint density at radius 1 is 1.45 bits per heavy atom. The number of nitrogens with one attached hydrogen (secondary N) is 1. The molecule has 0 aromatic carbocycles. The summed E-state index contributed by atoms with van der Waals surface area (Å²) in [5.41, 5.74) is 6.20. The summed E-state index contributed by atoms with van der Waals surface area (Å²) in [7, 11) is 0. The average molecular weight is 330 g/mol. The standard InChI is InChI=1S/C15H23N3O3.ClH/c1-11-6-9-21-14(11)15(20)18-8-3-2-4-12(18)10-17-13(19)5-7-16;/h6,9,12H,2-5,7-8,10,16H2,1H3,(H,17,19);1H. The Balaban J connectivity index is 0.00000242. The number of hydrogen-bond acceptors (Lipinski definition) is 4. The van der Waals surface area contributed by atoms with Gasteiger partial charge in [-0.3, -0.25) is 9.59 Å². The smallest absolute Gasteiger partial charge is 0.290 e. The second-order valence-corrected chi connectivity index (χ2v) is 5.42. The maximum absolute atomic E-state index is 12.6. The molecule has 1 atom stereocenters. The number of nitrogens with zero attached hydrogens (tertiary/aromatic N) is 1. The summed E-state index contributed by atoms with van der Waals surface area (Å²) in [5.74, 6) is 0.245. The Morgan fingerprint density at radius 3 is 2.86 bits per heavy atom. The van der Waals surface area contributed by atoms with Gasteiger partial charge in [-0.15, -0.1) is 12.4 Å². The first-order valence-corrected chi connectivity index (χ1v) is 7.45. The first kappa shape index (κ1) is 18.5. The number of carbonyl (C=O) groups is 2. The van der Waals surface area contributed by atoms with Crippen LogP contribution >= 0.6 is 12.4 Å². The fraction of sp³-hybridized carbons (Fsp3) is 0.600. The molecule has 2 rings (SSSR count). The van der Waals surface area contributed by atoms with Crippen molar-refractivity contribution in [2.75, 3.05) is 19.6 Å². The largest absolute Gasteiger partial charge is 0.459 e. The van der Waals surface area contributed by atoms with Crippen LogP contribution in [0.5, 0.6) is 0 Å². The van der Waals surface area contributed by atoms with Crippen molar-refractivity contribution < 1.29 is 14.0 Å². The highest BCUT2D eigenvalue weighted by atomic mass is 35.5. The van der Waals surface area contributed by atoms with Crippen molar-refractivity contribution in [1.29, 1.82) is 0 Å². The first-order valence-electron chi connectivity index (χ1n) is 7.45. The summed E-state index contributed by atoms with van der Waals surface area (Å²) in [6.45, 7) is 3.38. The van der Waals surface area contributed by atoms with E-state index in [0.717, 1.165) is 24.8 Å². The monoisotopic (exact) mass is 329 g/mol. The van der Waals surface area contributed by atoms with Crippen molar-refractivity contribution in [2.45, 2.75) is 38.6 Å². The van der Waals surface area contributed by atoms with E-state index in [1.165, 1.54) is 6.26 Å². The molecule has 1 aromatic rings. The fourth-order valence-electron chi connectivity index (χ4n) is 2.65. The molecule has 1 aromatic heterocycles. The molecular formula is C15H24ClN3O3. The van der Waals surface area contributed by atoms with E-state index in [2.05, 4.69) is 5.32 Å². The number of hydrogen-bond donors (Lipinski definition) is 2. The Morgan fingerprint density at radius 2 is 2.23 bits per heavy atom. The zero-order valence-electron chi connectivity index (χ0n) is 12.8. The lowest BCUT2D eigenvalue weighted by molar-refractivity contribution is -0.121. The van der Waals surface area contributed by atoms with Crippen molar-refractivity contribution in [1.82, 2.24) is 10.2 Å². The lowest BCUT2D eigenvalue weighted by Crippen LogP contribution is -2.49. The number of nitrogens with two attached hydrogens (primary N) is 1. The summed E-state index contributed by atoms with van der Waals surface area (Å²) >= 11 is 0. The predicted octanol–water partition coefficient (Wildman–Crippen LogP) is 1.47. The number of amides is 2. The van der Waals surface area contributed by atoms with Gasteiger partial charge in [0.2, 0.25) is 5.91 Å². The van der Waals surface area contributed by atoms with Crippen LogP contribution in [0.1, 0.15) is 41.8 Å². The van der Waals surface area contributed by atoms with E-state index >= 15 is 0 Å². The van der Waals surface area contributed by atoms with Crippen molar-refractivity contribution in [3.8, 4) is 0 Å². The number of piperidine rings is 1. The third kappa shape index (κ3) is 4.48. The van der Waals surface area contributed by atoms with Crippen LogP contribution in [-0.4, -0.2) is 42.4 Å². The van der Waals surface area contributed by atoms with Gasteiger partial charge in [-0.1, -0.05) is 0 Å². The highest BCUT2D eigenvalue weighted by molar-refractivity contribution is 5.93. The van der Waals surface area contributed by atoms with Gasteiger partial charge in [-0.05, 0) is 32.3 Å². The quantitative estimate of drug-likeness (QED) is 0.856. The van der Waals surface area contributed by atoms with Crippen molar-refractivity contribution >= 4 is 24.2 Å². The SMILES string of the molecule is Cc1ccoc1C(=O)N1CCCCC1CNC(=O)CCN.Cl. The van der Waals surface area contributed by atoms with Gasteiger partial charge in [0.05, 0.1) is 6.26 Å². The molecule has 0 aliphatic carbocycles. The van der Waals surface area contributed by atoms with Crippen LogP contribution in [0.2, 0.25) is 0 Å². The van der Waals surface area contributed by atoms with E-state index < -0.39 is 0 Å². The van der Waals surface area contributed by atoms with Crippen LogP contribution in [0.15, 0.2) is 16.7 Å². The molecule has 7 heteroatoms. The second kappa shape index (κ2) is 8.80. The van der Waals surface area contributed by atoms with Crippen LogP contribution in [-0.2, 0) is 4.79 Å². The van der Waals surface area contributed by atoms with Gasteiger partial charge < -0.3 is 20.4 Å². The maximum atomic E-state index is 12.6. The number of aryl methyl sites for hydroxylation is 1. The number of halogens is 1. The minimum Gasteiger partial charge on any atom is -0.459 e. The summed E-state index contributed by atoms with van der Waals surface area (Å²) in [6, 6.07) is 1.81. The fourth-order valence-corrected chi connectivity index (χ4v) is 2.65. The highest BCUT2D eigenvalue weighted by Crippen LogP contribution is 2.21. The van der Waals surface area contributed by atoms with E-state index in [1.54, 1.807) is 6.07 Å². The third-order valence-corrected chi connectivity index (χ3v) is 3.85. The number of carbonyl (C=O) groups excluding carboxylic acids is 2. The van der Waals surface area contributed by atoms with Gasteiger partial charge in [-0.25, -0.2) is 0 Å². The second-order valence-electron chi connectivity index (χ2n) is 5.42. The number of rotatable bonds is 5. The van der Waals surface area contributed by atoms with Crippen molar-refractivity contribution in [2.24, 2.45) is 5.73 Å². The predicted molar refractivity (Wildman–Crippen MR) is 86.0 cm³/mol. The first-order chi connectivity index (χ1) is 10.1. The Kier molecular flexibility index (Phi) is 7.41. The van der Waals surface area contributed by atoms with Crippen molar-refractivity contribution in [3.05, 3.63) is 23.7 Å². The zero-order valence-corrected chi connectivity index (χ0v) is 13.7. The molecule has 0 spiro atoms. The van der Waals surface area contributed by atoms with Crippen LogP contribution in [0.25, 0.3) is 0 Å². The Labute approximate surface area is 136 Å². The van der Waals surface area contributed by atoms with Gasteiger partial charge in [0.15, 0.2) is 5.76 Å². The average Bonchev–Trinajstić information content (AvgIpc) is 2.91. The Bertz CT molecular complexity index is 504. The molecule has 124 valence electrons. The van der Waals surface area contributed by atoms with Gasteiger partial charge in [-0.2, -0.15) is 0 Å². The van der Waals surface area contributed by atoms with Crippen LogP contribution < -0.4 is 11.1 Å². The van der Waals surface area contributed by atoms with Crippen LogP contribution in [0.4, 0.5) is 0 Å². The van der Waals surface area contributed by atoms with E-state index in [0.29, 0.717) is 31.8 Å². The molecule has 1 unspecified atom stereocenters. The molecule has 2 heterocycles. The molecule has 1 aliphatic rings. The molecule has 0 saturated carbocycles. The third-order valence-electron chi connectivity index (χ3n) is 3.85. The lowest BCUT2D eigenvalue weighted by Gasteiger charge is -2.35. The summed E-state index contributed by atoms with van der Waals surface area (Å²) < 4.78 is 5.30. The molecule has 1 fully saturated rings. The number of furan rings is 1. The molecule has 22 heavy (non-hydrogen) atoms. The summed E-state index contributed by atoms with van der Waals surface area (Å²) in [4.78, 5) is 25.9. The summed E-state index contributed by atoms with van der Waals surface area (Å²) in [6.07, 6.45) is 4.80. The van der Waals surface area contributed by atoms with Crippen LogP contribution in [0.3, 0.4) is 0 Å². The van der Waals surface area contributed by atoms with Gasteiger partial charge in [0.25, 0.3) is 5.91 Å². The van der Waals surface area contributed by atoms with E-state index in [-0.39, 0.29) is 30.3 Å². The molecule has 0 bridgehead atoms. The van der Waals surface area contributed by atoms with E-state index in [1.807, 2.05) is 11.8 Å². The molecular weight excluding hydrogens is 306 g/mol. The molecule has 2 amide bonds. The van der Waals surface area contributed by atoms with E-state index in [9.17, 15) is 9.59 Å². The minimum absolute atomic E-state index is 0.